The van der Waals surface area contributed by atoms with Crippen LogP contribution in [0.15, 0.2) is 36.4 Å². The van der Waals surface area contributed by atoms with Gasteiger partial charge in [0, 0.05) is 0 Å². The van der Waals surface area contributed by atoms with Gasteiger partial charge in [0.25, 0.3) is 0 Å². The van der Waals surface area contributed by atoms with E-state index in [1.807, 2.05) is 36.4 Å². The zero-order valence-electron chi connectivity index (χ0n) is 23.5. The third-order valence-corrected chi connectivity index (χ3v) is 4.63. The van der Waals surface area contributed by atoms with Gasteiger partial charge in [-0.15, -0.1) is 0 Å². The van der Waals surface area contributed by atoms with Crippen LogP contribution >= 0.6 is 0 Å². The lowest BCUT2D eigenvalue weighted by Gasteiger charge is -2.22. The Labute approximate surface area is 224 Å². The second kappa shape index (κ2) is 14.8. The Balaban J connectivity index is 2.83. The minimum absolute atomic E-state index is 0.198. The fourth-order valence-electron chi connectivity index (χ4n) is 3.06. The van der Waals surface area contributed by atoms with Crippen molar-refractivity contribution in [2.75, 3.05) is 14.2 Å². The van der Waals surface area contributed by atoms with Gasteiger partial charge in [0.2, 0.25) is 0 Å². The van der Waals surface area contributed by atoms with E-state index < -0.39 is 47.4 Å². The summed E-state index contributed by atoms with van der Waals surface area (Å²) >= 11 is 0. The van der Waals surface area contributed by atoms with E-state index >= 15 is 0 Å². The van der Waals surface area contributed by atoms with Gasteiger partial charge in [0.05, 0.1) is 14.2 Å². The second-order valence-corrected chi connectivity index (χ2v) is 10.4. The smallest absolute Gasteiger partial charge is 0.408 e. The number of methoxy groups -OCH3 is 2. The molecule has 10 nitrogen and oxygen atoms in total. The quantitative estimate of drug-likeness (QED) is 0.330. The van der Waals surface area contributed by atoms with Crippen LogP contribution in [-0.2, 0) is 28.5 Å². The summed E-state index contributed by atoms with van der Waals surface area (Å²) in [6.45, 7) is 10.4. The third kappa shape index (κ3) is 13.5. The molecule has 2 N–H and O–H groups in total. The Bertz CT molecular complexity index is 941. The molecule has 1 aromatic rings. The van der Waals surface area contributed by atoms with Gasteiger partial charge in [0.15, 0.2) is 0 Å². The molecule has 0 radical (unpaired) electrons. The average molecular weight is 533 g/mol. The minimum Gasteiger partial charge on any atom is -0.467 e. The standard InChI is InChI=1S/C28H40N2O8/c1-27(2,3)37-25(33)29-21(23(31)35-7)16-10-14-19-12-9-13-20(18-19)15-11-17-22(24(32)36-8)30-26(34)38-28(4,5)6/h9-15,18,21-22H,16-17H2,1-8H3,(H,29,33)(H,30,34)/b14-10+,15-11+/t21-,22-/m0/s1. The molecule has 0 fully saturated rings. The first-order valence-electron chi connectivity index (χ1n) is 12.2. The Morgan fingerprint density at radius 1 is 0.737 bits per heavy atom. The maximum absolute atomic E-state index is 12.1. The SMILES string of the molecule is COC(=O)[C@H](C/C=C/c1cccc(/C=C/C[C@H](NC(=O)OC(C)(C)C)C(=O)OC)c1)NC(=O)OC(C)(C)C. The van der Waals surface area contributed by atoms with Gasteiger partial charge in [-0.1, -0.05) is 42.5 Å². The first kappa shape index (κ1) is 32.2. The van der Waals surface area contributed by atoms with E-state index in [0.717, 1.165) is 11.1 Å². The van der Waals surface area contributed by atoms with E-state index in [0.29, 0.717) is 0 Å². The fraction of sp³-hybridized carbons (Fsp3) is 0.500. The van der Waals surface area contributed by atoms with Crippen molar-refractivity contribution >= 4 is 36.3 Å². The summed E-state index contributed by atoms with van der Waals surface area (Å²) in [6.07, 6.45) is 6.10. The molecule has 0 saturated heterocycles. The lowest BCUT2D eigenvalue weighted by atomic mass is 10.1. The number of nitrogens with one attached hydrogen (secondary N) is 2. The second-order valence-electron chi connectivity index (χ2n) is 10.4. The highest BCUT2D eigenvalue weighted by Gasteiger charge is 2.25. The Morgan fingerprint density at radius 2 is 1.11 bits per heavy atom. The van der Waals surface area contributed by atoms with Crippen molar-refractivity contribution in [2.24, 2.45) is 0 Å². The van der Waals surface area contributed by atoms with Gasteiger partial charge in [-0.2, -0.15) is 0 Å². The summed E-state index contributed by atoms with van der Waals surface area (Å²) in [7, 11) is 2.50. The molecule has 0 saturated carbocycles. The van der Waals surface area contributed by atoms with Crippen LogP contribution in [0.2, 0.25) is 0 Å². The monoisotopic (exact) mass is 532 g/mol. The van der Waals surface area contributed by atoms with Crippen molar-refractivity contribution in [1.82, 2.24) is 10.6 Å². The zero-order valence-corrected chi connectivity index (χ0v) is 23.5. The topological polar surface area (TPSA) is 129 Å². The van der Waals surface area contributed by atoms with E-state index in [4.69, 9.17) is 18.9 Å². The van der Waals surface area contributed by atoms with Crippen molar-refractivity contribution < 1.29 is 38.1 Å². The normalized spacial score (nSPS) is 13.5. The Morgan fingerprint density at radius 3 is 1.42 bits per heavy atom. The van der Waals surface area contributed by atoms with Crippen LogP contribution in [0.3, 0.4) is 0 Å². The van der Waals surface area contributed by atoms with Crippen LogP contribution in [0.25, 0.3) is 12.2 Å². The van der Waals surface area contributed by atoms with Gasteiger partial charge in [0.1, 0.15) is 23.3 Å². The molecule has 2 atom stereocenters. The molecule has 0 aliphatic rings. The van der Waals surface area contributed by atoms with E-state index in [1.165, 1.54) is 14.2 Å². The van der Waals surface area contributed by atoms with Crippen LogP contribution in [0, 0.1) is 0 Å². The average Bonchev–Trinajstić information content (AvgIpc) is 2.79. The van der Waals surface area contributed by atoms with Crippen molar-refractivity contribution in [3.8, 4) is 0 Å². The number of esters is 2. The summed E-state index contributed by atoms with van der Waals surface area (Å²) in [6, 6.07) is 5.71. The van der Waals surface area contributed by atoms with Gasteiger partial charge in [-0.25, -0.2) is 19.2 Å². The molecular weight excluding hydrogens is 492 g/mol. The number of alkyl carbamates (subject to hydrolysis) is 2. The zero-order chi connectivity index (χ0) is 28.9. The molecule has 0 aliphatic heterocycles. The molecular formula is C28H40N2O8. The number of amides is 2. The molecule has 0 bridgehead atoms. The number of hydrogen-bond donors (Lipinski definition) is 2. The number of ether oxygens (including phenoxy) is 4. The number of carbonyl (C=O) groups is 4. The molecule has 0 aliphatic carbocycles. The largest absolute Gasteiger partial charge is 0.467 e. The molecule has 38 heavy (non-hydrogen) atoms. The molecule has 1 rings (SSSR count). The maximum Gasteiger partial charge on any atom is 0.408 e. The van der Waals surface area contributed by atoms with Gasteiger partial charge < -0.3 is 29.6 Å². The third-order valence-electron chi connectivity index (χ3n) is 4.63. The molecule has 0 aromatic heterocycles. The van der Waals surface area contributed by atoms with Crippen LogP contribution in [0.5, 0.6) is 0 Å². The fourth-order valence-corrected chi connectivity index (χ4v) is 3.06. The predicted octanol–water partition coefficient (Wildman–Crippen LogP) is 4.63. The molecule has 1 aromatic carbocycles. The van der Waals surface area contributed by atoms with E-state index in [2.05, 4.69) is 10.6 Å². The molecule has 0 unspecified atom stereocenters. The minimum atomic E-state index is -0.901. The molecule has 210 valence electrons. The van der Waals surface area contributed by atoms with Crippen molar-refractivity contribution in [1.29, 1.82) is 0 Å². The first-order chi connectivity index (χ1) is 17.6. The van der Waals surface area contributed by atoms with Crippen LogP contribution < -0.4 is 10.6 Å². The number of carbonyl (C=O) groups excluding carboxylic acids is 4. The summed E-state index contributed by atoms with van der Waals surface area (Å²) < 4.78 is 20.0. The first-order valence-corrected chi connectivity index (χ1v) is 12.2. The highest BCUT2D eigenvalue weighted by molar-refractivity contribution is 5.82. The van der Waals surface area contributed by atoms with Crippen LogP contribution in [0.4, 0.5) is 9.59 Å². The summed E-state index contributed by atoms with van der Waals surface area (Å²) in [5.74, 6) is -1.17. The summed E-state index contributed by atoms with van der Waals surface area (Å²) in [5.41, 5.74) is 0.308. The molecule has 0 heterocycles. The highest BCUT2D eigenvalue weighted by atomic mass is 16.6. The molecule has 0 spiro atoms. The summed E-state index contributed by atoms with van der Waals surface area (Å²) in [5, 5.41) is 5.05. The van der Waals surface area contributed by atoms with Gasteiger partial charge in [-0.3, -0.25) is 0 Å². The number of hydrogen-bond acceptors (Lipinski definition) is 8. The van der Waals surface area contributed by atoms with Crippen molar-refractivity contribution in [2.45, 2.75) is 77.7 Å². The van der Waals surface area contributed by atoms with E-state index in [9.17, 15) is 19.2 Å². The van der Waals surface area contributed by atoms with Gasteiger partial charge in [-0.05, 0) is 71.6 Å². The van der Waals surface area contributed by atoms with E-state index in [-0.39, 0.29) is 12.8 Å². The summed E-state index contributed by atoms with van der Waals surface area (Å²) in [4.78, 5) is 48.3. The molecule has 2 amide bonds. The lowest BCUT2D eigenvalue weighted by Crippen LogP contribution is -2.43. The van der Waals surface area contributed by atoms with Gasteiger partial charge >= 0.3 is 24.1 Å². The number of benzene rings is 1. The van der Waals surface area contributed by atoms with Crippen molar-refractivity contribution in [3.05, 3.63) is 47.5 Å². The maximum atomic E-state index is 12.1. The van der Waals surface area contributed by atoms with Crippen LogP contribution in [-0.4, -0.2) is 61.6 Å². The Kier molecular flexibility index (Phi) is 12.5. The van der Waals surface area contributed by atoms with Crippen molar-refractivity contribution in [3.63, 3.8) is 0 Å². The highest BCUT2D eigenvalue weighted by Crippen LogP contribution is 2.13. The lowest BCUT2D eigenvalue weighted by molar-refractivity contribution is -0.143. The van der Waals surface area contributed by atoms with Crippen LogP contribution in [0.1, 0.15) is 65.5 Å². The number of rotatable bonds is 10. The van der Waals surface area contributed by atoms with E-state index in [1.54, 1.807) is 53.7 Å². The predicted molar refractivity (Wildman–Crippen MR) is 144 cm³/mol. The Hall–Kier alpha value is -3.82. The molecule has 10 heteroatoms.